The maximum absolute atomic E-state index is 11.4. The Labute approximate surface area is 138 Å². The van der Waals surface area contributed by atoms with Crippen LogP contribution in [0.3, 0.4) is 0 Å². The van der Waals surface area contributed by atoms with Gasteiger partial charge in [-0.1, -0.05) is 6.07 Å². The maximum atomic E-state index is 11.4. The first-order chi connectivity index (χ1) is 11.6. The number of anilines is 2. The first kappa shape index (κ1) is 14.5. The Morgan fingerprint density at radius 2 is 2.25 bits per heavy atom. The summed E-state index contributed by atoms with van der Waals surface area (Å²) in [7, 11) is 1.89. The van der Waals surface area contributed by atoms with Crippen molar-refractivity contribution in [1.82, 2.24) is 14.8 Å². The second-order valence-electron chi connectivity index (χ2n) is 5.83. The molecule has 1 aliphatic rings. The summed E-state index contributed by atoms with van der Waals surface area (Å²) in [6, 6.07) is 7.82. The van der Waals surface area contributed by atoms with E-state index in [0.717, 1.165) is 28.0 Å². The van der Waals surface area contributed by atoms with Crippen molar-refractivity contribution in [3.63, 3.8) is 0 Å². The van der Waals surface area contributed by atoms with E-state index in [0.29, 0.717) is 18.0 Å². The topological polar surface area (TPSA) is 81.1 Å². The number of pyridine rings is 1. The van der Waals surface area contributed by atoms with Crippen molar-refractivity contribution >= 4 is 28.3 Å². The lowest BCUT2D eigenvalue weighted by Gasteiger charge is -2.18. The van der Waals surface area contributed by atoms with Crippen LogP contribution in [0.4, 0.5) is 11.4 Å². The van der Waals surface area contributed by atoms with Crippen molar-refractivity contribution < 1.29 is 9.53 Å². The summed E-state index contributed by atoms with van der Waals surface area (Å²) >= 11 is 0. The average Bonchev–Trinajstić information content (AvgIpc) is 2.86. The molecule has 2 N–H and O–H groups in total. The van der Waals surface area contributed by atoms with Gasteiger partial charge < -0.3 is 15.4 Å². The third-order valence-corrected chi connectivity index (χ3v) is 4.04. The van der Waals surface area contributed by atoms with E-state index in [9.17, 15) is 4.79 Å². The second kappa shape index (κ2) is 5.52. The van der Waals surface area contributed by atoms with Crippen LogP contribution in [0, 0.1) is 6.92 Å². The van der Waals surface area contributed by atoms with Crippen molar-refractivity contribution in [3.05, 3.63) is 41.7 Å². The number of rotatable bonds is 3. The van der Waals surface area contributed by atoms with E-state index in [2.05, 4.69) is 20.7 Å². The summed E-state index contributed by atoms with van der Waals surface area (Å²) in [4.78, 5) is 15.9. The fraction of sp³-hybridized carbons (Fsp3) is 0.235. The number of carbonyl (C=O) groups excluding carboxylic acids is 1. The third kappa shape index (κ3) is 2.54. The number of hydrogen-bond acceptors (Lipinski definition) is 5. The largest absolute Gasteiger partial charge is 0.482 e. The number of hydrogen-bond donors (Lipinski definition) is 2. The highest BCUT2D eigenvalue weighted by Crippen LogP contribution is 2.29. The Morgan fingerprint density at radius 3 is 3.12 bits per heavy atom. The van der Waals surface area contributed by atoms with Gasteiger partial charge >= 0.3 is 0 Å². The molecule has 4 rings (SSSR count). The molecular weight excluding hydrogens is 306 g/mol. The van der Waals surface area contributed by atoms with Crippen LogP contribution in [0.15, 0.2) is 30.5 Å². The zero-order valence-corrected chi connectivity index (χ0v) is 13.5. The molecule has 24 heavy (non-hydrogen) atoms. The minimum Gasteiger partial charge on any atom is -0.482 e. The smallest absolute Gasteiger partial charge is 0.262 e. The lowest BCUT2D eigenvalue weighted by Crippen LogP contribution is -2.25. The third-order valence-electron chi connectivity index (χ3n) is 4.04. The second-order valence-corrected chi connectivity index (χ2v) is 5.83. The lowest BCUT2D eigenvalue weighted by molar-refractivity contribution is -0.118. The highest BCUT2D eigenvalue weighted by Gasteiger charge is 2.15. The summed E-state index contributed by atoms with van der Waals surface area (Å²) in [5, 5.41) is 11.6. The summed E-state index contributed by atoms with van der Waals surface area (Å²) < 4.78 is 7.14. The van der Waals surface area contributed by atoms with E-state index < -0.39 is 0 Å². The molecule has 7 nitrogen and oxygen atoms in total. The van der Waals surface area contributed by atoms with Crippen molar-refractivity contribution in [2.45, 2.75) is 13.5 Å². The highest BCUT2D eigenvalue weighted by molar-refractivity contribution is 5.95. The van der Waals surface area contributed by atoms with Gasteiger partial charge in [-0.15, -0.1) is 0 Å². The molecule has 0 atom stereocenters. The zero-order valence-electron chi connectivity index (χ0n) is 13.5. The molecule has 7 heteroatoms. The molecule has 0 saturated heterocycles. The minimum atomic E-state index is -0.130. The number of fused-ring (bicyclic) bond motifs is 2. The zero-order chi connectivity index (χ0) is 16.7. The van der Waals surface area contributed by atoms with Gasteiger partial charge in [-0.3, -0.25) is 9.48 Å². The minimum absolute atomic E-state index is 0.0702. The van der Waals surface area contributed by atoms with Crippen molar-refractivity contribution in [2.24, 2.45) is 7.05 Å². The average molecular weight is 323 g/mol. The van der Waals surface area contributed by atoms with Gasteiger partial charge in [0, 0.05) is 19.0 Å². The molecule has 1 amide bonds. The van der Waals surface area contributed by atoms with Crippen LogP contribution >= 0.6 is 0 Å². The molecular formula is C17H17N5O2. The van der Waals surface area contributed by atoms with Gasteiger partial charge in [-0.2, -0.15) is 5.10 Å². The van der Waals surface area contributed by atoms with Gasteiger partial charge in [0.15, 0.2) is 12.3 Å². The number of benzene rings is 1. The number of amides is 1. The van der Waals surface area contributed by atoms with E-state index in [4.69, 9.17) is 4.74 Å². The van der Waals surface area contributed by atoms with Gasteiger partial charge in [0.2, 0.25) is 0 Å². The van der Waals surface area contributed by atoms with Crippen LogP contribution in [0.5, 0.6) is 5.75 Å². The Morgan fingerprint density at radius 1 is 1.38 bits per heavy atom. The normalized spacial score (nSPS) is 13.3. The van der Waals surface area contributed by atoms with E-state index >= 15 is 0 Å². The fourth-order valence-electron chi connectivity index (χ4n) is 2.85. The number of nitrogens with zero attached hydrogens (tertiary/aromatic N) is 3. The maximum Gasteiger partial charge on any atom is 0.262 e. The Balaban J connectivity index is 1.53. The van der Waals surface area contributed by atoms with E-state index in [-0.39, 0.29) is 12.5 Å². The summed E-state index contributed by atoms with van der Waals surface area (Å²) in [5.74, 6) is 0.571. The molecule has 0 saturated carbocycles. The lowest BCUT2D eigenvalue weighted by atomic mass is 10.1. The molecule has 1 aliphatic heterocycles. The molecule has 0 fully saturated rings. The van der Waals surface area contributed by atoms with Crippen molar-refractivity contribution in [3.8, 4) is 5.75 Å². The summed E-state index contributed by atoms with van der Waals surface area (Å²) in [6.45, 7) is 2.66. The van der Waals surface area contributed by atoms with E-state index in [1.807, 2.05) is 38.2 Å². The van der Waals surface area contributed by atoms with Crippen LogP contribution in [-0.2, 0) is 18.4 Å². The number of ether oxygens (including phenoxy) is 1. The summed E-state index contributed by atoms with van der Waals surface area (Å²) in [6.07, 6.45) is 1.80. The van der Waals surface area contributed by atoms with Crippen molar-refractivity contribution in [1.29, 1.82) is 0 Å². The predicted octanol–water partition coefficient (Wildman–Crippen LogP) is 2.22. The quantitative estimate of drug-likeness (QED) is 0.772. The Hall–Kier alpha value is -3.09. The molecule has 3 aromatic rings. The Bertz CT molecular complexity index is 948. The molecule has 0 radical (unpaired) electrons. The molecule has 0 spiro atoms. The molecule has 0 unspecified atom stereocenters. The Kier molecular flexibility index (Phi) is 3.34. The molecule has 1 aromatic carbocycles. The van der Waals surface area contributed by atoms with E-state index in [1.165, 1.54) is 0 Å². The van der Waals surface area contributed by atoms with E-state index in [1.54, 1.807) is 10.9 Å². The molecule has 0 aliphatic carbocycles. The number of aryl methyl sites for hydroxylation is 2. The van der Waals surface area contributed by atoms with Crippen LogP contribution < -0.4 is 15.4 Å². The van der Waals surface area contributed by atoms with Gasteiger partial charge in [-0.25, -0.2) is 4.98 Å². The van der Waals surface area contributed by atoms with Crippen LogP contribution in [0.1, 0.15) is 11.3 Å². The number of carbonyl (C=O) groups is 1. The van der Waals surface area contributed by atoms with Crippen LogP contribution in [0.25, 0.3) is 11.0 Å². The number of nitrogens with one attached hydrogen (secondary N) is 2. The molecule has 0 bridgehead atoms. The first-order valence-corrected chi connectivity index (χ1v) is 7.69. The van der Waals surface area contributed by atoms with Crippen LogP contribution in [0.2, 0.25) is 0 Å². The predicted molar refractivity (Wildman–Crippen MR) is 91.1 cm³/mol. The highest BCUT2D eigenvalue weighted by atomic mass is 16.5. The van der Waals surface area contributed by atoms with Crippen LogP contribution in [-0.4, -0.2) is 27.3 Å². The fourth-order valence-corrected chi connectivity index (χ4v) is 2.85. The standard InChI is InChI=1S/C17H17N5O2/c1-10-13-6-12(8-19-17(13)22(2)21-10)18-7-11-3-4-15-14(5-11)20-16(23)9-24-15/h3-6,8,18H,7,9H2,1-2H3,(H,20,23). The van der Waals surface area contributed by atoms with Gasteiger partial charge in [-0.05, 0) is 30.7 Å². The monoisotopic (exact) mass is 323 g/mol. The number of aromatic nitrogens is 3. The first-order valence-electron chi connectivity index (χ1n) is 7.69. The molecule has 2 aromatic heterocycles. The summed E-state index contributed by atoms with van der Waals surface area (Å²) in [5.41, 5.74) is 4.50. The SMILES string of the molecule is Cc1nn(C)c2ncc(NCc3ccc4c(c3)NC(=O)CO4)cc12. The van der Waals surface area contributed by atoms with Gasteiger partial charge in [0.05, 0.1) is 23.3 Å². The molecule has 3 heterocycles. The van der Waals surface area contributed by atoms with Gasteiger partial charge in [0.25, 0.3) is 5.91 Å². The van der Waals surface area contributed by atoms with Gasteiger partial charge in [0.1, 0.15) is 5.75 Å². The molecule has 122 valence electrons. The van der Waals surface area contributed by atoms with Crippen molar-refractivity contribution in [2.75, 3.05) is 17.2 Å².